The minimum absolute atomic E-state index is 0.0900. The summed E-state index contributed by atoms with van der Waals surface area (Å²) in [6.45, 7) is 9.89. The van der Waals surface area contributed by atoms with E-state index in [4.69, 9.17) is 4.74 Å². The molecule has 0 aromatic heterocycles. The summed E-state index contributed by atoms with van der Waals surface area (Å²) >= 11 is 0. The summed E-state index contributed by atoms with van der Waals surface area (Å²) in [6.07, 6.45) is 0.596. The highest BCUT2D eigenvalue weighted by molar-refractivity contribution is 5.68. The molecule has 3 rings (SSSR count). The molecular formula is C20H30N2O3. The van der Waals surface area contributed by atoms with E-state index in [1.807, 2.05) is 31.7 Å². The van der Waals surface area contributed by atoms with E-state index in [1.54, 1.807) is 0 Å². The zero-order valence-corrected chi connectivity index (χ0v) is 15.6. The van der Waals surface area contributed by atoms with Crippen LogP contribution in [0.4, 0.5) is 4.79 Å². The van der Waals surface area contributed by atoms with Crippen molar-refractivity contribution in [3.8, 4) is 0 Å². The first-order valence-electron chi connectivity index (χ1n) is 9.16. The van der Waals surface area contributed by atoms with Crippen LogP contribution in [-0.2, 0) is 11.3 Å². The maximum absolute atomic E-state index is 12.4. The number of piperidine rings is 1. The molecule has 2 atom stereocenters. The Morgan fingerprint density at radius 1 is 1.28 bits per heavy atom. The number of carbonyl (C=O) groups excluding carboxylic acids is 1. The average molecular weight is 346 g/mol. The topological polar surface area (TPSA) is 53.0 Å². The number of benzene rings is 1. The number of likely N-dealkylation sites (tertiary alicyclic amines) is 2. The molecule has 1 amide bonds. The lowest BCUT2D eigenvalue weighted by molar-refractivity contribution is -0.0121. The zero-order valence-electron chi connectivity index (χ0n) is 15.6. The van der Waals surface area contributed by atoms with E-state index in [1.165, 1.54) is 5.56 Å². The number of aliphatic hydroxyl groups is 1. The standard InChI is InChI=1S/C20H30N2O3/c1-19(2,3)25-18(24)22-10-9-20(15-23)14-21(12-17(20)13-22)11-16-7-5-4-6-8-16/h4-8,17,23H,9-15H2,1-3H3/t17-,20-/m0/s1. The van der Waals surface area contributed by atoms with Crippen LogP contribution in [0.25, 0.3) is 0 Å². The van der Waals surface area contributed by atoms with E-state index in [-0.39, 0.29) is 18.1 Å². The van der Waals surface area contributed by atoms with Gasteiger partial charge in [-0.3, -0.25) is 4.90 Å². The number of rotatable bonds is 3. The monoisotopic (exact) mass is 346 g/mol. The molecule has 5 nitrogen and oxygen atoms in total. The SMILES string of the molecule is CC(C)(C)OC(=O)N1CC[C@@]2(CO)CN(Cc3ccccc3)C[C@H]2C1. The van der Waals surface area contributed by atoms with Crippen LogP contribution in [0.1, 0.15) is 32.8 Å². The number of hydrogen-bond donors (Lipinski definition) is 1. The van der Waals surface area contributed by atoms with Gasteiger partial charge in [0.25, 0.3) is 0 Å². The molecule has 2 aliphatic heterocycles. The van der Waals surface area contributed by atoms with Gasteiger partial charge in [-0.2, -0.15) is 0 Å². The number of fused-ring (bicyclic) bond motifs is 1. The van der Waals surface area contributed by atoms with E-state index >= 15 is 0 Å². The van der Waals surface area contributed by atoms with E-state index in [0.29, 0.717) is 19.0 Å². The van der Waals surface area contributed by atoms with Crippen LogP contribution < -0.4 is 0 Å². The van der Waals surface area contributed by atoms with Gasteiger partial charge in [0.15, 0.2) is 0 Å². The van der Waals surface area contributed by atoms with Gasteiger partial charge in [0.05, 0.1) is 6.61 Å². The quantitative estimate of drug-likeness (QED) is 0.914. The number of nitrogens with zero attached hydrogens (tertiary/aromatic N) is 2. The van der Waals surface area contributed by atoms with Gasteiger partial charge < -0.3 is 14.7 Å². The fourth-order valence-electron chi connectivity index (χ4n) is 4.11. The summed E-state index contributed by atoms with van der Waals surface area (Å²) in [5, 5.41) is 10.1. The average Bonchev–Trinajstić information content (AvgIpc) is 2.91. The lowest BCUT2D eigenvalue weighted by atomic mass is 9.73. The van der Waals surface area contributed by atoms with Gasteiger partial charge in [-0.1, -0.05) is 30.3 Å². The Morgan fingerprint density at radius 2 is 2.00 bits per heavy atom. The largest absolute Gasteiger partial charge is 0.444 e. The minimum Gasteiger partial charge on any atom is -0.444 e. The highest BCUT2D eigenvalue weighted by Gasteiger charge is 2.50. The van der Waals surface area contributed by atoms with Gasteiger partial charge >= 0.3 is 6.09 Å². The molecule has 0 saturated carbocycles. The number of aliphatic hydroxyl groups excluding tert-OH is 1. The summed E-state index contributed by atoms with van der Waals surface area (Å²) in [7, 11) is 0. The normalized spacial score (nSPS) is 27.2. The van der Waals surface area contributed by atoms with Crippen LogP contribution in [0.2, 0.25) is 0 Å². The van der Waals surface area contributed by atoms with Crippen molar-refractivity contribution in [3.63, 3.8) is 0 Å². The minimum atomic E-state index is -0.475. The molecule has 2 fully saturated rings. The van der Waals surface area contributed by atoms with Gasteiger partial charge in [0, 0.05) is 38.1 Å². The van der Waals surface area contributed by atoms with Crippen molar-refractivity contribution in [2.24, 2.45) is 11.3 Å². The third-order valence-electron chi connectivity index (χ3n) is 5.42. The van der Waals surface area contributed by atoms with Crippen molar-refractivity contribution in [2.45, 2.75) is 39.3 Å². The number of hydrogen-bond acceptors (Lipinski definition) is 4. The molecule has 138 valence electrons. The maximum atomic E-state index is 12.4. The van der Waals surface area contributed by atoms with Crippen molar-refractivity contribution in [2.75, 3.05) is 32.8 Å². The van der Waals surface area contributed by atoms with E-state index in [0.717, 1.165) is 26.1 Å². The zero-order chi connectivity index (χ0) is 18.1. The second-order valence-corrected chi connectivity index (χ2v) is 8.55. The Morgan fingerprint density at radius 3 is 2.64 bits per heavy atom. The molecule has 2 aliphatic rings. The van der Waals surface area contributed by atoms with Gasteiger partial charge in [0.1, 0.15) is 5.60 Å². The van der Waals surface area contributed by atoms with E-state index in [2.05, 4.69) is 29.2 Å². The molecule has 2 saturated heterocycles. The smallest absolute Gasteiger partial charge is 0.410 e. The first-order chi connectivity index (χ1) is 11.8. The fourth-order valence-corrected chi connectivity index (χ4v) is 4.11. The second-order valence-electron chi connectivity index (χ2n) is 8.55. The van der Waals surface area contributed by atoms with Crippen LogP contribution in [0.15, 0.2) is 30.3 Å². The summed E-state index contributed by atoms with van der Waals surface area (Å²) < 4.78 is 5.53. The van der Waals surface area contributed by atoms with E-state index in [9.17, 15) is 9.90 Å². The third kappa shape index (κ3) is 4.15. The van der Waals surface area contributed by atoms with E-state index < -0.39 is 5.60 Å². The van der Waals surface area contributed by atoms with Crippen molar-refractivity contribution in [1.29, 1.82) is 0 Å². The summed E-state index contributed by atoms with van der Waals surface area (Å²) in [6, 6.07) is 10.4. The fraction of sp³-hybridized carbons (Fsp3) is 0.650. The number of ether oxygens (including phenoxy) is 1. The molecular weight excluding hydrogens is 316 g/mol. The summed E-state index contributed by atoms with van der Waals surface area (Å²) in [5.41, 5.74) is 0.725. The summed E-state index contributed by atoms with van der Waals surface area (Å²) in [5.74, 6) is 0.294. The van der Waals surface area contributed by atoms with Crippen LogP contribution in [-0.4, -0.2) is 59.4 Å². The Balaban J connectivity index is 1.65. The predicted octanol–water partition coefficient (Wildman–Crippen LogP) is 2.74. The maximum Gasteiger partial charge on any atom is 0.410 e. The Kier molecular flexibility index (Phi) is 5.07. The van der Waals surface area contributed by atoms with Crippen molar-refractivity contribution >= 4 is 6.09 Å². The van der Waals surface area contributed by atoms with Crippen LogP contribution in [0.3, 0.4) is 0 Å². The van der Waals surface area contributed by atoms with Gasteiger partial charge in [0.2, 0.25) is 0 Å². The van der Waals surface area contributed by atoms with Crippen molar-refractivity contribution in [1.82, 2.24) is 9.80 Å². The first kappa shape index (κ1) is 18.2. The molecule has 25 heavy (non-hydrogen) atoms. The molecule has 0 bridgehead atoms. The van der Waals surface area contributed by atoms with Gasteiger partial charge in [-0.05, 0) is 38.7 Å². The second kappa shape index (κ2) is 6.96. The molecule has 0 unspecified atom stereocenters. The van der Waals surface area contributed by atoms with Crippen LogP contribution in [0, 0.1) is 11.3 Å². The van der Waals surface area contributed by atoms with Crippen molar-refractivity contribution in [3.05, 3.63) is 35.9 Å². The first-order valence-corrected chi connectivity index (χ1v) is 9.16. The van der Waals surface area contributed by atoms with Gasteiger partial charge in [-0.15, -0.1) is 0 Å². The molecule has 0 radical (unpaired) electrons. The molecule has 0 aliphatic carbocycles. The molecule has 1 N–H and O–H groups in total. The predicted molar refractivity (Wildman–Crippen MR) is 97.2 cm³/mol. The number of amides is 1. The molecule has 2 heterocycles. The van der Waals surface area contributed by atoms with Crippen LogP contribution in [0.5, 0.6) is 0 Å². The van der Waals surface area contributed by atoms with Gasteiger partial charge in [-0.25, -0.2) is 4.79 Å². The molecule has 1 aromatic carbocycles. The number of carbonyl (C=O) groups is 1. The third-order valence-corrected chi connectivity index (χ3v) is 5.42. The lowest BCUT2D eigenvalue weighted by Crippen LogP contribution is -2.51. The molecule has 0 spiro atoms. The Hall–Kier alpha value is -1.59. The highest BCUT2D eigenvalue weighted by atomic mass is 16.6. The highest BCUT2D eigenvalue weighted by Crippen LogP contribution is 2.43. The van der Waals surface area contributed by atoms with Crippen molar-refractivity contribution < 1.29 is 14.6 Å². The molecule has 1 aromatic rings. The lowest BCUT2D eigenvalue weighted by Gasteiger charge is -2.42. The molecule has 5 heteroatoms. The Labute approximate surface area is 150 Å². The van der Waals surface area contributed by atoms with Crippen LogP contribution >= 0.6 is 0 Å². The summed E-state index contributed by atoms with van der Waals surface area (Å²) in [4.78, 5) is 16.6. The Bertz CT molecular complexity index is 599.